The van der Waals surface area contributed by atoms with Gasteiger partial charge in [0, 0.05) is 49.0 Å². The van der Waals surface area contributed by atoms with Crippen LogP contribution in [0.1, 0.15) is 17.9 Å². The number of nitrogens with zero attached hydrogens (tertiary/aromatic N) is 3. The highest BCUT2D eigenvalue weighted by Gasteiger charge is 2.31. The zero-order valence-electron chi connectivity index (χ0n) is 17.2. The average Bonchev–Trinajstić information content (AvgIpc) is 2.76. The van der Waals surface area contributed by atoms with Crippen LogP contribution in [-0.2, 0) is 9.84 Å². The number of benzene rings is 2. The molecule has 2 heterocycles. The molecule has 0 bridgehead atoms. The molecular formula is C22H21F3N4O2S. The van der Waals surface area contributed by atoms with Crippen LogP contribution in [0.5, 0.6) is 0 Å². The summed E-state index contributed by atoms with van der Waals surface area (Å²) in [7, 11) is -3.36. The smallest absolute Gasteiger partial charge is 0.175 e. The summed E-state index contributed by atoms with van der Waals surface area (Å²) in [5.74, 6) is -3.03. The lowest BCUT2D eigenvalue weighted by molar-refractivity contribution is 0.416. The zero-order chi connectivity index (χ0) is 23.0. The lowest BCUT2D eigenvalue weighted by Gasteiger charge is -2.37. The van der Waals surface area contributed by atoms with E-state index in [9.17, 15) is 21.6 Å². The van der Waals surface area contributed by atoms with E-state index >= 15 is 0 Å². The van der Waals surface area contributed by atoms with E-state index in [2.05, 4.69) is 9.97 Å². The van der Waals surface area contributed by atoms with Gasteiger partial charge in [-0.1, -0.05) is 12.1 Å². The van der Waals surface area contributed by atoms with Crippen LogP contribution in [0, 0.1) is 17.5 Å². The summed E-state index contributed by atoms with van der Waals surface area (Å²) in [5, 5.41) is 0. The van der Waals surface area contributed by atoms with E-state index in [1.54, 1.807) is 24.3 Å². The van der Waals surface area contributed by atoms with Crippen molar-refractivity contribution >= 4 is 15.7 Å². The van der Waals surface area contributed by atoms with Gasteiger partial charge in [-0.2, -0.15) is 0 Å². The molecule has 0 radical (unpaired) electrons. The Kier molecular flexibility index (Phi) is 5.91. The first-order chi connectivity index (χ1) is 15.1. The normalized spacial score (nSPS) is 19.2. The van der Waals surface area contributed by atoms with E-state index < -0.39 is 39.2 Å². The number of aromatic nitrogens is 2. The summed E-state index contributed by atoms with van der Waals surface area (Å²) in [5.41, 5.74) is 7.51. The molecule has 0 unspecified atom stereocenters. The van der Waals surface area contributed by atoms with E-state index in [1.807, 2.05) is 4.90 Å². The van der Waals surface area contributed by atoms with Crippen molar-refractivity contribution in [1.29, 1.82) is 0 Å². The van der Waals surface area contributed by atoms with Crippen molar-refractivity contribution in [2.24, 2.45) is 5.73 Å². The Balaban J connectivity index is 1.56. The topological polar surface area (TPSA) is 89.2 Å². The van der Waals surface area contributed by atoms with Crippen molar-refractivity contribution in [2.45, 2.75) is 23.3 Å². The molecule has 32 heavy (non-hydrogen) atoms. The lowest BCUT2D eigenvalue weighted by Crippen LogP contribution is -2.48. The molecule has 10 heteroatoms. The third kappa shape index (κ3) is 4.46. The highest BCUT2D eigenvalue weighted by Crippen LogP contribution is 2.32. The molecule has 0 amide bonds. The zero-order valence-corrected chi connectivity index (χ0v) is 18.0. The number of piperidine rings is 1. The van der Waals surface area contributed by atoms with Gasteiger partial charge in [0.15, 0.2) is 21.5 Å². The third-order valence-electron chi connectivity index (χ3n) is 5.63. The van der Waals surface area contributed by atoms with Gasteiger partial charge in [-0.25, -0.2) is 31.6 Å². The van der Waals surface area contributed by atoms with Gasteiger partial charge in [0.25, 0.3) is 0 Å². The van der Waals surface area contributed by atoms with Gasteiger partial charge in [0.05, 0.1) is 10.6 Å². The quantitative estimate of drug-likeness (QED) is 0.599. The van der Waals surface area contributed by atoms with E-state index in [0.29, 0.717) is 42.7 Å². The molecule has 0 spiro atoms. The first kappa shape index (κ1) is 22.2. The van der Waals surface area contributed by atoms with Crippen LogP contribution in [0.2, 0.25) is 0 Å². The van der Waals surface area contributed by atoms with Gasteiger partial charge in [0.2, 0.25) is 0 Å². The molecule has 1 fully saturated rings. The highest BCUT2D eigenvalue weighted by atomic mass is 32.2. The second-order valence-corrected chi connectivity index (χ2v) is 9.87. The average molecular weight is 462 g/mol. The van der Waals surface area contributed by atoms with E-state index in [1.165, 1.54) is 12.4 Å². The van der Waals surface area contributed by atoms with Crippen LogP contribution in [-0.4, -0.2) is 43.8 Å². The SMILES string of the molecule is CS(=O)(=O)c1cccc(-c2cc(N3CC[C@H](c4cc(F)c(F)cc4F)[C@@H](N)C3)ncn2)c1. The van der Waals surface area contributed by atoms with Gasteiger partial charge in [-0.3, -0.25) is 0 Å². The Hall–Kier alpha value is -2.98. The molecule has 168 valence electrons. The molecule has 2 N–H and O–H groups in total. The molecule has 0 aliphatic carbocycles. The minimum atomic E-state index is -3.36. The fourth-order valence-electron chi connectivity index (χ4n) is 3.96. The number of sulfone groups is 1. The Bertz CT molecular complexity index is 1270. The van der Waals surface area contributed by atoms with Crippen LogP contribution in [0.4, 0.5) is 19.0 Å². The predicted molar refractivity (Wildman–Crippen MR) is 114 cm³/mol. The fraction of sp³-hybridized carbons (Fsp3) is 0.273. The second-order valence-electron chi connectivity index (χ2n) is 7.85. The summed E-state index contributed by atoms with van der Waals surface area (Å²) in [6.07, 6.45) is 2.94. The molecule has 1 aromatic heterocycles. The minimum Gasteiger partial charge on any atom is -0.355 e. The number of hydrogen-bond donors (Lipinski definition) is 1. The summed E-state index contributed by atoms with van der Waals surface area (Å²) in [4.78, 5) is 10.6. The highest BCUT2D eigenvalue weighted by molar-refractivity contribution is 7.90. The fourth-order valence-corrected chi connectivity index (χ4v) is 4.63. The Morgan fingerprint density at radius 2 is 1.78 bits per heavy atom. The van der Waals surface area contributed by atoms with Crippen LogP contribution in [0.3, 0.4) is 0 Å². The van der Waals surface area contributed by atoms with E-state index in [0.717, 1.165) is 12.3 Å². The monoisotopic (exact) mass is 462 g/mol. The number of hydrogen-bond acceptors (Lipinski definition) is 6. The largest absolute Gasteiger partial charge is 0.355 e. The van der Waals surface area contributed by atoms with Crippen LogP contribution in [0.25, 0.3) is 11.3 Å². The molecule has 1 aliphatic rings. The van der Waals surface area contributed by atoms with E-state index in [-0.39, 0.29) is 10.5 Å². The molecule has 4 rings (SSSR count). The van der Waals surface area contributed by atoms with Crippen LogP contribution >= 0.6 is 0 Å². The minimum absolute atomic E-state index is 0.0667. The molecule has 2 atom stereocenters. The molecule has 2 aromatic carbocycles. The molecule has 1 saturated heterocycles. The number of anilines is 1. The summed E-state index contributed by atoms with van der Waals surface area (Å²) < 4.78 is 64.8. The van der Waals surface area contributed by atoms with Crippen LogP contribution in [0.15, 0.2) is 53.7 Å². The lowest BCUT2D eigenvalue weighted by atomic mass is 9.85. The van der Waals surface area contributed by atoms with Gasteiger partial charge in [-0.05, 0) is 30.2 Å². The third-order valence-corrected chi connectivity index (χ3v) is 6.74. The van der Waals surface area contributed by atoms with Crippen molar-refractivity contribution < 1.29 is 21.6 Å². The molecule has 3 aromatic rings. The summed E-state index contributed by atoms with van der Waals surface area (Å²) in [6.45, 7) is 0.791. The Morgan fingerprint density at radius 1 is 1.03 bits per heavy atom. The number of halogens is 3. The molecule has 1 aliphatic heterocycles. The summed E-state index contributed by atoms with van der Waals surface area (Å²) >= 11 is 0. The van der Waals surface area contributed by atoms with Crippen molar-refractivity contribution in [3.05, 3.63) is 71.8 Å². The maximum Gasteiger partial charge on any atom is 0.175 e. The van der Waals surface area contributed by atoms with Crippen molar-refractivity contribution in [3.8, 4) is 11.3 Å². The van der Waals surface area contributed by atoms with Crippen molar-refractivity contribution in [3.63, 3.8) is 0 Å². The van der Waals surface area contributed by atoms with Crippen molar-refractivity contribution in [2.75, 3.05) is 24.2 Å². The first-order valence-electron chi connectivity index (χ1n) is 9.91. The van der Waals surface area contributed by atoms with Crippen molar-refractivity contribution in [1.82, 2.24) is 9.97 Å². The van der Waals surface area contributed by atoms with E-state index in [4.69, 9.17) is 5.73 Å². The van der Waals surface area contributed by atoms with Crippen LogP contribution < -0.4 is 10.6 Å². The van der Waals surface area contributed by atoms with Gasteiger partial charge in [0.1, 0.15) is 18.0 Å². The van der Waals surface area contributed by atoms with Gasteiger partial charge < -0.3 is 10.6 Å². The number of nitrogens with two attached hydrogens (primary N) is 1. The molecule has 6 nitrogen and oxygen atoms in total. The predicted octanol–water partition coefficient (Wildman–Crippen LogP) is 3.29. The molecular weight excluding hydrogens is 441 g/mol. The summed E-state index contributed by atoms with van der Waals surface area (Å²) in [6, 6.07) is 9.08. The first-order valence-corrected chi connectivity index (χ1v) is 11.8. The standard InChI is InChI=1S/C22H21F3N4O2S/c1-32(30,31)14-4-2-3-13(7-14)21-10-22(28-12-27-21)29-6-5-15(20(26)11-29)16-8-18(24)19(25)9-17(16)23/h2-4,7-10,12,15,20H,5-6,11,26H2,1H3/t15-,20+/m1/s1. The Labute approximate surface area is 183 Å². The maximum atomic E-state index is 14.2. The van der Waals surface area contributed by atoms with Gasteiger partial charge >= 0.3 is 0 Å². The van der Waals surface area contributed by atoms with Gasteiger partial charge in [-0.15, -0.1) is 0 Å². The maximum absolute atomic E-state index is 14.2. The molecule has 0 saturated carbocycles. The Morgan fingerprint density at radius 3 is 2.50 bits per heavy atom. The second kappa shape index (κ2) is 8.51. The number of rotatable bonds is 4.